The molecule has 2 aromatic heterocycles. The Balaban J connectivity index is 1.95. The van der Waals surface area contributed by atoms with E-state index in [1.807, 2.05) is 37.3 Å². The zero-order valence-corrected chi connectivity index (χ0v) is 11.8. The molecule has 0 aliphatic heterocycles. The van der Waals surface area contributed by atoms with E-state index in [-0.39, 0.29) is 0 Å². The van der Waals surface area contributed by atoms with Crippen molar-refractivity contribution in [2.75, 3.05) is 6.54 Å². The van der Waals surface area contributed by atoms with E-state index in [4.69, 9.17) is 10.3 Å². The summed E-state index contributed by atoms with van der Waals surface area (Å²) >= 11 is 0. The molecule has 3 rings (SSSR count). The number of aromatic nitrogens is 3. The Morgan fingerprint density at radius 1 is 1.24 bits per heavy atom. The van der Waals surface area contributed by atoms with E-state index in [0.717, 1.165) is 28.7 Å². The third kappa shape index (κ3) is 2.83. The first-order chi connectivity index (χ1) is 10.3. The van der Waals surface area contributed by atoms with Crippen LogP contribution in [0.4, 0.5) is 0 Å². The predicted molar refractivity (Wildman–Crippen MR) is 80.5 cm³/mol. The number of nitrogens with two attached hydrogens (primary N) is 1. The Labute approximate surface area is 122 Å². The molecular formula is C16H16N4O. The van der Waals surface area contributed by atoms with Crippen molar-refractivity contribution in [3.63, 3.8) is 0 Å². The number of benzene rings is 1. The van der Waals surface area contributed by atoms with Crippen molar-refractivity contribution in [2.45, 2.75) is 13.3 Å². The average molecular weight is 280 g/mol. The van der Waals surface area contributed by atoms with E-state index >= 15 is 0 Å². The topological polar surface area (TPSA) is 77.8 Å². The van der Waals surface area contributed by atoms with Gasteiger partial charge in [-0.25, -0.2) is 0 Å². The summed E-state index contributed by atoms with van der Waals surface area (Å²) in [5, 5.41) is 4.06. The zero-order chi connectivity index (χ0) is 14.7. The lowest BCUT2D eigenvalue weighted by Crippen LogP contribution is -2.02. The van der Waals surface area contributed by atoms with Crippen LogP contribution in [0.2, 0.25) is 0 Å². The van der Waals surface area contributed by atoms with Gasteiger partial charge in [0.1, 0.15) is 0 Å². The van der Waals surface area contributed by atoms with Crippen LogP contribution in [-0.2, 0) is 6.42 Å². The highest BCUT2D eigenvalue weighted by Crippen LogP contribution is 2.24. The van der Waals surface area contributed by atoms with Crippen LogP contribution in [0.25, 0.3) is 22.8 Å². The molecule has 0 unspecified atom stereocenters. The molecule has 2 heterocycles. The number of hydrogen-bond donors (Lipinski definition) is 1. The maximum absolute atomic E-state index is 5.59. The number of hydrogen-bond acceptors (Lipinski definition) is 5. The number of rotatable bonds is 4. The first-order valence-corrected chi connectivity index (χ1v) is 6.82. The average Bonchev–Trinajstić information content (AvgIpc) is 2.98. The lowest BCUT2D eigenvalue weighted by atomic mass is 10.1. The summed E-state index contributed by atoms with van der Waals surface area (Å²) in [6.45, 7) is 2.59. The second-order valence-electron chi connectivity index (χ2n) is 4.85. The first-order valence-electron chi connectivity index (χ1n) is 6.82. The molecule has 0 saturated heterocycles. The van der Waals surface area contributed by atoms with Gasteiger partial charge in [0, 0.05) is 23.5 Å². The predicted octanol–water partition coefficient (Wildman–Crippen LogP) is 2.61. The molecule has 3 aromatic rings. The van der Waals surface area contributed by atoms with Gasteiger partial charge in [0.15, 0.2) is 0 Å². The van der Waals surface area contributed by atoms with Crippen LogP contribution in [0.1, 0.15) is 11.1 Å². The molecule has 5 nitrogen and oxygen atoms in total. The minimum atomic E-state index is 0.514. The maximum Gasteiger partial charge on any atom is 0.258 e. The van der Waals surface area contributed by atoms with Crippen LogP contribution in [0, 0.1) is 6.92 Å². The van der Waals surface area contributed by atoms with E-state index in [1.54, 1.807) is 12.4 Å². The van der Waals surface area contributed by atoms with Gasteiger partial charge in [-0.3, -0.25) is 4.98 Å². The minimum Gasteiger partial charge on any atom is -0.334 e. The van der Waals surface area contributed by atoms with Gasteiger partial charge < -0.3 is 10.3 Å². The second-order valence-corrected chi connectivity index (χ2v) is 4.85. The van der Waals surface area contributed by atoms with Crippen molar-refractivity contribution in [1.82, 2.24) is 15.1 Å². The quantitative estimate of drug-likeness (QED) is 0.794. The molecule has 5 heteroatoms. The molecule has 21 heavy (non-hydrogen) atoms. The van der Waals surface area contributed by atoms with Gasteiger partial charge in [0.05, 0.1) is 0 Å². The molecule has 1 aromatic carbocycles. The Morgan fingerprint density at radius 3 is 2.95 bits per heavy atom. The molecule has 0 radical (unpaired) electrons. The van der Waals surface area contributed by atoms with E-state index < -0.39 is 0 Å². The standard InChI is InChI=1S/C16H16N4O/c1-11-10-18-8-6-14(11)15-19-16(21-20-15)13-4-2-3-12(9-13)5-7-17/h2-4,6,8-10H,5,7,17H2,1H3. The van der Waals surface area contributed by atoms with Crippen molar-refractivity contribution in [3.05, 3.63) is 53.9 Å². The largest absolute Gasteiger partial charge is 0.334 e. The summed E-state index contributed by atoms with van der Waals surface area (Å²) in [4.78, 5) is 8.55. The Morgan fingerprint density at radius 2 is 2.14 bits per heavy atom. The van der Waals surface area contributed by atoms with Crippen molar-refractivity contribution in [2.24, 2.45) is 5.73 Å². The summed E-state index contributed by atoms with van der Waals surface area (Å²) < 4.78 is 5.38. The van der Waals surface area contributed by atoms with Gasteiger partial charge in [-0.05, 0) is 49.2 Å². The molecule has 0 atom stereocenters. The Bertz CT molecular complexity index is 751. The van der Waals surface area contributed by atoms with Crippen LogP contribution < -0.4 is 5.73 Å². The minimum absolute atomic E-state index is 0.514. The number of pyridine rings is 1. The fraction of sp³-hybridized carbons (Fsp3) is 0.188. The van der Waals surface area contributed by atoms with Gasteiger partial charge in [0.25, 0.3) is 5.89 Å². The van der Waals surface area contributed by atoms with E-state index in [2.05, 4.69) is 15.1 Å². The van der Waals surface area contributed by atoms with Crippen molar-refractivity contribution < 1.29 is 4.52 Å². The van der Waals surface area contributed by atoms with Crippen LogP contribution in [0.3, 0.4) is 0 Å². The van der Waals surface area contributed by atoms with E-state index in [1.165, 1.54) is 0 Å². The first kappa shape index (κ1) is 13.5. The van der Waals surface area contributed by atoms with Gasteiger partial charge in [0.2, 0.25) is 5.82 Å². The van der Waals surface area contributed by atoms with E-state index in [0.29, 0.717) is 18.3 Å². The van der Waals surface area contributed by atoms with Crippen molar-refractivity contribution in [1.29, 1.82) is 0 Å². The number of nitrogens with zero attached hydrogens (tertiary/aromatic N) is 3. The van der Waals surface area contributed by atoms with Crippen LogP contribution in [0.5, 0.6) is 0 Å². The third-order valence-electron chi connectivity index (χ3n) is 3.29. The molecule has 0 aliphatic carbocycles. The Kier molecular flexibility index (Phi) is 3.75. The SMILES string of the molecule is Cc1cnccc1-c1noc(-c2cccc(CCN)c2)n1. The smallest absolute Gasteiger partial charge is 0.258 e. The molecule has 0 bridgehead atoms. The van der Waals surface area contributed by atoms with Gasteiger partial charge in [-0.1, -0.05) is 17.3 Å². The monoisotopic (exact) mass is 280 g/mol. The summed E-state index contributed by atoms with van der Waals surface area (Å²) in [5.41, 5.74) is 9.60. The lowest BCUT2D eigenvalue weighted by molar-refractivity contribution is 0.432. The zero-order valence-electron chi connectivity index (χ0n) is 11.8. The van der Waals surface area contributed by atoms with Crippen LogP contribution in [-0.4, -0.2) is 21.7 Å². The molecule has 106 valence electrons. The van der Waals surface area contributed by atoms with Crippen LogP contribution >= 0.6 is 0 Å². The van der Waals surface area contributed by atoms with Crippen LogP contribution in [0.15, 0.2) is 47.2 Å². The van der Waals surface area contributed by atoms with E-state index in [9.17, 15) is 0 Å². The summed E-state index contributed by atoms with van der Waals surface area (Å²) in [6.07, 6.45) is 4.34. The molecule has 2 N–H and O–H groups in total. The fourth-order valence-corrected chi connectivity index (χ4v) is 2.20. The third-order valence-corrected chi connectivity index (χ3v) is 3.29. The molecule has 0 saturated carbocycles. The Hall–Kier alpha value is -2.53. The number of aryl methyl sites for hydroxylation is 1. The summed E-state index contributed by atoms with van der Waals surface area (Å²) in [6, 6.07) is 9.89. The molecular weight excluding hydrogens is 264 g/mol. The molecule has 0 fully saturated rings. The van der Waals surface area contributed by atoms with Gasteiger partial charge >= 0.3 is 0 Å². The highest BCUT2D eigenvalue weighted by atomic mass is 16.5. The summed E-state index contributed by atoms with van der Waals surface area (Å²) in [7, 11) is 0. The lowest BCUT2D eigenvalue weighted by Gasteiger charge is -2.00. The van der Waals surface area contributed by atoms with Crippen molar-refractivity contribution >= 4 is 0 Å². The maximum atomic E-state index is 5.59. The fourth-order valence-electron chi connectivity index (χ4n) is 2.20. The molecule has 0 aliphatic rings. The highest BCUT2D eigenvalue weighted by molar-refractivity contribution is 5.62. The van der Waals surface area contributed by atoms with Crippen molar-refractivity contribution in [3.8, 4) is 22.8 Å². The summed E-state index contributed by atoms with van der Waals surface area (Å²) in [5.74, 6) is 1.09. The highest BCUT2D eigenvalue weighted by Gasteiger charge is 2.12. The van der Waals surface area contributed by atoms with Gasteiger partial charge in [-0.2, -0.15) is 4.98 Å². The second kappa shape index (κ2) is 5.85. The normalized spacial score (nSPS) is 10.8. The molecule has 0 amide bonds. The molecule has 0 spiro atoms. The van der Waals surface area contributed by atoms with Gasteiger partial charge in [-0.15, -0.1) is 0 Å².